The number of cyclic esters (lactones) is 1. The summed E-state index contributed by atoms with van der Waals surface area (Å²) in [5, 5.41) is 8.37. The highest BCUT2D eigenvalue weighted by molar-refractivity contribution is 7.59. The van der Waals surface area contributed by atoms with Gasteiger partial charge in [0.2, 0.25) is 5.91 Å². The number of thiazole rings is 1. The molecule has 53 heavy (non-hydrogen) atoms. The molecule has 3 atom stereocenters. The summed E-state index contributed by atoms with van der Waals surface area (Å²) >= 11 is 1.49. The van der Waals surface area contributed by atoms with Crippen molar-refractivity contribution in [3.63, 3.8) is 0 Å². The second kappa shape index (κ2) is 17.6. The van der Waals surface area contributed by atoms with E-state index in [0.29, 0.717) is 25.8 Å². The highest BCUT2D eigenvalue weighted by Gasteiger charge is 2.38. The standard InChI is InChI=1S/C38H46N6O5S.3H2S/c1-6-43-31-14-13-24-17-26(31)27(34(43)25-9-7-15-39-33(25)22(2)48-5)19-38(3,4)21-49-37(47)28-10-8-16-44(42-28)36(46)29(41-35(45)23-11-12-23)18-32-40-30(24)20-50-32;;;/h7,9,13-15,17,20,22-23,28-29,42H,6,8,10-12,16,18-19,21H2,1-5H3,(H,41,45);3*1H2/t22-,28-,29-;;;/m0.../s1. The summed E-state index contributed by atoms with van der Waals surface area (Å²) < 4.78 is 14.1. The van der Waals surface area contributed by atoms with Gasteiger partial charge in [-0.1, -0.05) is 19.9 Å². The van der Waals surface area contributed by atoms with E-state index in [4.69, 9.17) is 19.4 Å². The predicted octanol–water partition coefficient (Wildman–Crippen LogP) is 5.95. The maximum absolute atomic E-state index is 13.9. The molecule has 1 saturated heterocycles. The molecule has 7 rings (SSSR count). The summed E-state index contributed by atoms with van der Waals surface area (Å²) in [7, 11) is 1.70. The second-order valence-corrected chi connectivity index (χ2v) is 15.5. The smallest absolute Gasteiger partial charge is 0.324 e. The Morgan fingerprint density at radius 2 is 1.94 bits per heavy atom. The van der Waals surface area contributed by atoms with Crippen LogP contribution in [0.1, 0.15) is 75.7 Å². The van der Waals surface area contributed by atoms with Crippen molar-refractivity contribution in [3.05, 3.63) is 58.2 Å². The van der Waals surface area contributed by atoms with Gasteiger partial charge in [-0.2, -0.15) is 40.5 Å². The Balaban J connectivity index is 0.00000209. The van der Waals surface area contributed by atoms with E-state index < -0.39 is 17.5 Å². The van der Waals surface area contributed by atoms with Crippen LogP contribution < -0.4 is 10.7 Å². The largest absolute Gasteiger partial charge is 0.464 e. The van der Waals surface area contributed by atoms with Crippen LogP contribution in [0.3, 0.4) is 0 Å². The number of carbonyl (C=O) groups is 3. The van der Waals surface area contributed by atoms with Crippen LogP contribution in [-0.2, 0) is 43.2 Å². The van der Waals surface area contributed by atoms with Crippen molar-refractivity contribution in [3.8, 4) is 22.5 Å². The lowest BCUT2D eigenvalue weighted by Gasteiger charge is -2.35. The lowest BCUT2D eigenvalue weighted by Crippen LogP contribution is -2.60. The Labute approximate surface area is 336 Å². The first kappa shape index (κ1) is 42.7. The first-order valence-electron chi connectivity index (χ1n) is 17.7. The normalized spacial score (nSPS) is 20.6. The van der Waals surface area contributed by atoms with Crippen LogP contribution in [0.15, 0.2) is 41.9 Å². The zero-order valence-electron chi connectivity index (χ0n) is 31.0. The summed E-state index contributed by atoms with van der Waals surface area (Å²) in [5.41, 5.74) is 9.69. The fourth-order valence-electron chi connectivity index (χ4n) is 7.20. The van der Waals surface area contributed by atoms with E-state index in [1.54, 1.807) is 13.3 Å². The maximum Gasteiger partial charge on any atom is 0.324 e. The van der Waals surface area contributed by atoms with E-state index in [1.807, 2.05) is 18.4 Å². The number of aromatic nitrogens is 3. The lowest BCUT2D eigenvalue weighted by atomic mass is 9.84. The lowest BCUT2D eigenvalue weighted by molar-refractivity contribution is -0.155. The molecule has 5 heterocycles. The van der Waals surface area contributed by atoms with Gasteiger partial charge in [-0.05, 0) is 75.8 Å². The van der Waals surface area contributed by atoms with E-state index in [-0.39, 0.29) is 83.3 Å². The highest BCUT2D eigenvalue weighted by Crippen LogP contribution is 2.42. The van der Waals surface area contributed by atoms with Gasteiger partial charge in [0, 0.05) is 71.6 Å². The molecule has 1 saturated carbocycles. The molecule has 3 aromatic heterocycles. The number of aryl methyl sites for hydroxylation is 1. The molecule has 2 aliphatic heterocycles. The number of nitrogens with zero attached hydrogens (tertiary/aromatic N) is 4. The number of esters is 1. The average Bonchev–Trinajstić information content (AvgIpc) is 3.81. The van der Waals surface area contributed by atoms with Gasteiger partial charge in [0.15, 0.2) is 0 Å². The number of pyridine rings is 1. The molecule has 2 amide bonds. The first-order valence-corrected chi connectivity index (χ1v) is 18.6. The maximum atomic E-state index is 13.9. The van der Waals surface area contributed by atoms with Crippen molar-refractivity contribution in [2.24, 2.45) is 11.3 Å². The number of ether oxygens (including phenoxy) is 2. The number of benzene rings is 1. The molecule has 4 aromatic rings. The molecular weight excluding hydrogens is 749 g/mol. The zero-order valence-corrected chi connectivity index (χ0v) is 34.8. The minimum atomic E-state index is -0.805. The number of rotatable bonds is 6. The highest BCUT2D eigenvalue weighted by atomic mass is 32.1. The Kier molecular flexibility index (Phi) is 14.2. The Bertz CT molecular complexity index is 1940. The number of amides is 2. The summed E-state index contributed by atoms with van der Waals surface area (Å²) in [6.45, 7) is 9.77. The van der Waals surface area contributed by atoms with Gasteiger partial charge in [-0.25, -0.2) is 10.4 Å². The molecule has 6 bridgehead atoms. The van der Waals surface area contributed by atoms with Crippen LogP contribution in [0.2, 0.25) is 0 Å². The van der Waals surface area contributed by atoms with Crippen LogP contribution >= 0.6 is 51.8 Å². The molecule has 2 N–H and O–H groups in total. The third-order valence-corrected chi connectivity index (χ3v) is 11.0. The van der Waals surface area contributed by atoms with Gasteiger partial charge in [0.25, 0.3) is 5.91 Å². The summed E-state index contributed by atoms with van der Waals surface area (Å²) in [5.74, 6) is -0.818. The number of hydrogen-bond acceptors (Lipinski definition) is 9. The topological polar surface area (TPSA) is 128 Å². The summed E-state index contributed by atoms with van der Waals surface area (Å²) in [6, 6.07) is 9.07. The fourth-order valence-corrected chi connectivity index (χ4v) is 8.05. The third kappa shape index (κ3) is 8.91. The van der Waals surface area contributed by atoms with Gasteiger partial charge < -0.3 is 19.4 Å². The predicted molar refractivity (Wildman–Crippen MR) is 223 cm³/mol. The molecule has 15 heteroatoms. The molecular formula is C38H52N6O5S4. The van der Waals surface area contributed by atoms with Crippen molar-refractivity contribution >= 4 is 80.5 Å². The number of hydrogen-bond donors (Lipinski definition) is 2. The van der Waals surface area contributed by atoms with Gasteiger partial charge in [0.05, 0.1) is 34.8 Å². The van der Waals surface area contributed by atoms with Crippen molar-refractivity contribution < 1.29 is 23.9 Å². The van der Waals surface area contributed by atoms with Crippen LogP contribution in [0, 0.1) is 11.3 Å². The monoisotopic (exact) mass is 800 g/mol. The number of fused-ring (bicyclic) bond motifs is 6. The SMILES string of the molecule is CCn1c(-c2cccnc2[C@H](C)OC)c2c3cc(ccc31)-c1csc(n1)C[C@H](NC(=O)C1CC1)C(=O)N1CCC[C@H](N1)C(=O)OCC(C)(C)C2.S.S.S. The average molecular weight is 801 g/mol. The van der Waals surface area contributed by atoms with Crippen LogP contribution in [0.25, 0.3) is 33.4 Å². The van der Waals surface area contributed by atoms with E-state index in [9.17, 15) is 14.4 Å². The van der Waals surface area contributed by atoms with Gasteiger partial charge in [0.1, 0.15) is 12.1 Å². The van der Waals surface area contributed by atoms with E-state index >= 15 is 0 Å². The molecule has 0 radical (unpaired) electrons. The molecule has 0 unspecified atom stereocenters. The molecule has 3 aliphatic rings. The van der Waals surface area contributed by atoms with Crippen LogP contribution in [0.4, 0.5) is 0 Å². The second-order valence-electron chi connectivity index (χ2n) is 14.5. The third-order valence-electron chi connectivity index (χ3n) is 10.1. The molecule has 1 aromatic carbocycles. The Morgan fingerprint density at radius 3 is 2.66 bits per heavy atom. The molecule has 11 nitrogen and oxygen atoms in total. The van der Waals surface area contributed by atoms with Gasteiger partial charge in [-0.15, -0.1) is 11.3 Å². The Morgan fingerprint density at radius 1 is 1.17 bits per heavy atom. The number of methoxy groups -OCH3 is 1. The first-order chi connectivity index (χ1) is 24.1. The van der Waals surface area contributed by atoms with E-state index in [2.05, 4.69) is 60.3 Å². The Hall–Kier alpha value is -3.08. The van der Waals surface area contributed by atoms with E-state index in [0.717, 1.165) is 69.1 Å². The molecule has 0 spiro atoms. The van der Waals surface area contributed by atoms with Crippen molar-refractivity contribution in [1.29, 1.82) is 0 Å². The number of carbonyl (C=O) groups excluding carboxylic acids is 3. The van der Waals surface area contributed by atoms with Gasteiger partial charge in [-0.3, -0.25) is 24.4 Å². The summed E-state index contributed by atoms with van der Waals surface area (Å²) in [6.07, 6.45) is 5.34. The van der Waals surface area contributed by atoms with E-state index in [1.165, 1.54) is 16.3 Å². The number of nitrogens with one attached hydrogen (secondary N) is 2. The minimum absolute atomic E-state index is 0. The minimum Gasteiger partial charge on any atom is -0.464 e. The van der Waals surface area contributed by atoms with Crippen LogP contribution in [-0.4, -0.2) is 69.7 Å². The van der Waals surface area contributed by atoms with Crippen molar-refractivity contribution in [2.75, 3.05) is 20.3 Å². The zero-order chi connectivity index (χ0) is 35.2. The summed E-state index contributed by atoms with van der Waals surface area (Å²) in [4.78, 5) is 50.2. The van der Waals surface area contributed by atoms with Crippen molar-refractivity contribution in [1.82, 2.24) is 30.3 Å². The fraction of sp³-hybridized carbons (Fsp3) is 0.500. The quantitative estimate of drug-likeness (QED) is 0.229. The molecule has 2 fully saturated rings. The molecule has 288 valence electrons. The van der Waals surface area contributed by atoms with Gasteiger partial charge >= 0.3 is 5.97 Å². The van der Waals surface area contributed by atoms with Crippen LogP contribution in [0.5, 0.6) is 0 Å². The number of hydrazine groups is 1. The molecule has 1 aliphatic carbocycles. The van der Waals surface area contributed by atoms with Crippen molar-refractivity contribution in [2.45, 2.75) is 91.0 Å².